The minimum Gasteiger partial charge on any atom is -0.478 e. The van der Waals surface area contributed by atoms with E-state index < -0.39 is 16.0 Å². The SMILES string of the molecule is CNCC1CCCN(S(=O)(=O)c2ccc(C(=O)O)cc2)C1. The third kappa shape index (κ3) is 3.61. The molecule has 1 saturated heterocycles. The molecule has 0 aliphatic carbocycles. The van der Waals surface area contributed by atoms with E-state index in [9.17, 15) is 13.2 Å². The van der Waals surface area contributed by atoms with E-state index in [2.05, 4.69) is 5.32 Å². The first-order chi connectivity index (χ1) is 9.95. The Balaban J connectivity index is 2.18. The van der Waals surface area contributed by atoms with Crippen molar-refractivity contribution in [3.63, 3.8) is 0 Å². The van der Waals surface area contributed by atoms with Gasteiger partial charge in [-0.05, 0) is 56.6 Å². The molecular formula is C14H20N2O4S. The largest absolute Gasteiger partial charge is 0.478 e. The Morgan fingerprint density at radius 3 is 2.62 bits per heavy atom. The average molecular weight is 312 g/mol. The topological polar surface area (TPSA) is 86.7 Å². The molecule has 2 N–H and O–H groups in total. The summed E-state index contributed by atoms with van der Waals surface area (Å²) < 4.78 is 26.6. The molecule has 7 heteroatoms. The van der Waals surface area contributed by atoms with Crippen molar-refractivity contribution in [2.24, 2.45) is 5.92 Å². The fourth-order valence-electron chi connectivity index (χ4n) is 2.62. The van der Waals surface area contributed by atoms with Crippen LogP contribution >= 0.6 is 0 Å². The van der Waals surface area contributed by atoms with Gasteiger partial charge in [-0.2, -0.15) is 4.31 Å². The first-order valence-electron chi connectivity index (χ1n) is 6.93. The number of carbonyl (C=O) groups is 1. The number of aromatic carboxylic acids is 1. The number of nitrogens with zero attached hydrogens (tertiary/aromatic N) is 1. The van der Waals surface area contributed by atoms with Gasteiger partial charge in [0.1, 0.15) is 0 Å². The second-order valence-electron chi connectivity index (χ2n) is 5.26. The second-order valence-corrected chi connectivity index (χ2v) is 7.20. The van der Waals surface area contributed by atoms with Crippen molar-refractivity contribution in [3.05, 3.63) is 29.8 Å². The molecule has 21 heavy (non-hydrogen) atoms. The van der Waals surface area contributed by atoms with Gasteiger partial charge in [0.2, 0.25) is 10.0 Å². The molecule has 1 aliphatic rings. The number of carboxylic acid groups (broad SMARTS) is 1. The highest BCUT2D eigenvalue weighted by Crippen LogP contribution is 2.23. The Morgan fingerprint density at radius 1 is 1.38 bits per heavy atom. The van der Waals surface area contributed by atoms with E-state index in [1.165, 1.54) is 28.6 Å². The van der Waals surface area contributed by atoms with Crippen LogP contribution in [0.3, 0.4) is 0 Å². The van der Waals surface area contributed by atoms with Crippen LogP contribution < -0.4 is 5.32 Å². The Hall–Kier alpha value is -1.44. The number of rotatable bonds is 5. The predicted octanol–water partition coefficient (Wildman–Crippen LogP) is 1.00. The maximum Gasteiger partial charge on any atom is 0.335 e. The molecule has 0 saturated carbocycles. The van der Waals surface area contributed by atoms with Crippen LogP contribution in [0.2, 0.25) is 0 Å². The quantitative estimate of drug-likeness (QED) is 0.847. The van der Waals surface area contributed by atoms with Crippen LogP contribution in [0, 0.1) is 5.92 Å². The fourth-order valence-corrected chi connectivity index (χ4v) is 4.17. The lowest BCUT2D eigenvalue weighted by Crippen LogP contribution is -2.42. The number of carboxylic acids is 1. The van der Waals surface area contributed by atoms with Crippen LogP contribution in [0.25, 0.3) is 0 Å². The molecule has 1 aromatic carbocycles. The van der Waals surface area contributed by atoms with Gasteiger partial charge in [-0.15, -0.1) is 0 Å². The molecule has 1 unspecified atom stereocenters. The van der Waals surface area contributed by atoms with E-state index >= 15 is 0 Å². The van der Waals surface area contributed by atoms with E-state index in [4.69, 9.17) is 5.11 Å². The van der Waals surface area contributed by atoms with Crippen LogP contribution in [-0.4, -0.2) is 50.5 Å². The van der Waals surface area contributed by atoms with Crippen molar-refractivity contribution >= 4 is 16.0 Å². The van der Waals surface area contributed by atoms with E-state index in [-0.39, 0.29) is 10.5 Å². The van der Waals surface area contributed by atoms with Gasteiger partial charge in [0.15, 0.2) is 0 Å². The zero-order valence-electron chi connectivity index (χ0n) is 11.9. The normalized spacial score (nSPS) is 20.3. The Bertz CT molecular complexity index is 596. The summed E-state index contributed by atoms with van der Waals surface area (Å²) in [6.45, 7) is 1.82. The monoisotopic (exact) mass is 312 g/mol. The second kappa shape index (κ2) is 6.55. The molecule has 0 bridgehead atoms. The molecule has 0 spiro atoms. The summed E-state index contributed by atoms with van der Waals surface area (Å²) in [5.74, 6) is -0.747. The van der Waals surface area contributed by atoms with Gasteiger partial charge in [-0.3, -0.25) is 0 Å². The highest BCUT2D eigenvalue weighted by Gasteiger charge is 2.29. The molecule has 0 amide bonds. The van der Waals surface area contributed by atoms with Crippen LogP contribution in [0.1, 0.15) is 23.2 Å². The van der Waals surface area contributed by atoms with Crippen molar-refractivity contribution in [1.82, 2.24) is 9.62 Å². The molecule has 1 aromatic rings. The lowest BCUT2D eigenvalue weighted by molar-refractivity contribution is 0.0696. The molecule has 1 aliphatic heterocycles. The Labute approximate surface area is 124 Å². The number of piperidine rings is 1. The van der Waals surface area contributed by atoms with E-state index in [0.717, 1.165) is 19.4 Å². The minimum absolute atomic E-state index is 0.0839. The summed E-state index contributed by atoms with van der Waals surface area (Å²) in [5.41, 5.74) is 0.0839. The lowest BCUT2D eigenvalue weighted by atomic mass is 10.00. The maximum atomic E-state index is 12.6. The van der Waals surface area contributed by atoms with Crippen LogP contribution in [-0.2, 0) is 10.0 Å². The van der Waals surface area contributed by atoms with Crippen molar-refractivity contribution in [3.8, 4) is 0 Å². The van der Waals surface area contributed by atoms with Crippen LogP contribution in [0.15, 0.2) is 29.2 Å². The highest BCUT2D eigenvalue weighted by atomic mass is 32.2. The van der Waals surface area contributed by atoms with Gasteiger partial charge in [0.05, 0.1) is 10.5 Å². The average Bonchev–Trinajstić information content (AvgIpc) is 2.48. The molecule has 1 heterocycles. The van der Waals surface area contributed by atoms with Gasteiger partial charge >= 0.3 is 5.97 Å². The molecule has 2 rings (SSSR count). The highest BCUT2D eigenvalue weighted by molar-refractivity contribution is 7.89. The Morgan fingerprint density at radius 2 is 2.05 bits per heavy atom. The van der Waals surface area contributed by atoms with Crippen molar-refractivity contribution in [2.75, 3.05) is 26.7 Å². The standard InChI is InChI=1S/C14H20N2O4S/c1-15-9-11-3-2-8-16(10-11)21(19,20)13-6-4-12(5-7-13)14(17)18/h4-7,11,15H,2-3,8-10H2,1H3,(H,17,18). The first-order valence-corrected chi connectivity index (χ1v) is 8.37. The predicted molar refractivity (Wildman–Crippen MR) is 78.8 cm³/mol. The van der Waals surface area contributed by atoms with E-state index in [0.29, 0.717) is 19.0 Å². The smallest absolute Gasteiger partial charge is 0.335 e. The summed E-state index contributed by atoms with van der Waals surface area (Å²) in [5, 5.41) is 11.9. The summed E-state index contributed by atoms with van der Waals surface area (Å²) in [6.07, 6.45) is 1.86. The van der Waals surface area contributed by atoms with E-state index in [1.54, 1.807) is 0 Å². The third-order valence-electron chi connectivity index (χ3n) is 3.71. The Kier molecular flexibility index (Phi) is 4.97. The van der Waals surface area contributed by atoms with Gasteiger partial charge in [0.25, 0.3) is 0 Å². The number of sulfonamides is 1. The zero-order chi connectivity index (χ0) is 15.5. The van der Waals surface area contributed by atoms with E-state index in [1.807, 2.05) is 7.05 Å². The van der Waals surface area contributed by atoms with Crippen molar-refractivity contribution < 1.29 is 18.3 Å². The molecular weight excluding hydrogens is 292 g/mol. The molecule has 116 valence electrons. The van der Waals surface area contributed by atoms with Gasteiger partial charge in [0, 0.05) is 13.1 Å². The summed E-state index contributed by atoms with van der Waals surface area (Å²) in [7, 11) is -1.68. The van der Waals surface area contributed by atoms with Crippen LogP contribution in [0.5, 0.6) is 0 Å². The molecule has 0 aromatic heterocycles. The van der Waals surface area contributed by atoms with Crippen molar-refractivity contribution in [2.45, 2.75) is 17.7 Å². The third-order valence-corrected chi connectivity index (χ3v) is 5.59. The minimum atomic E-state index is -3.54. The molecule has 1 atom stereocenters. The summed E-state index contributed by atoms with van der Waals surface area (Å²) in [4.78, 5) is 11.0. The number of hydrogen-bond donors (Lipinski definition) is 2. The van der Waals surface area contributed by atoms with Crippen molar-refractivity contribution in [1.29, 1.82) is 0 Å². The summed E-state index contributed by atoms with van der Waals surface area (Å²) in [6, 6.07) is 5.37. The van der Waals surface area contributed by atoms with Gasteiger partial charge in [-0.1, -0.05) is 0 Å². The van der Waals surface area contributed by atoms with Gasteiger partial charge < -0.3 is 10.4 Å². The maximum absolute atomic E-state index is 12.6. The zero-order valence-corrected chi connectivity index (χ0v) is 12.8. The number of hydrogen-bond acceptors (Lipinski definition) is 4. The fraction of sp³-hybridized carbons (Fsp3) is 0.500. The molecule has 1 fully saturated rings. The number of benzene rings is 1. The first kappa shape index (κ1) is 15.9. The molecule has 6 nitrogen and oxygen atoms in total. The summed E-state index contributed by atoms with van der Waals surface area (Å²) >= 11 is 0. The lowest BCUT2D eigenvalue weighted by Gasteiger charge is -2.31. The van der Waals surface area contributed by atoms with Crippen LogP contribution in [0.4, 0.5) is 0 Å². The van der Waals surface area contributed by atoms with Gasteiger partial charge in [-0.25, -0.2) is 13.2 Å². The number of nitrogens with one attached hydrogen (secondary N) is 1. The molecule has 0 radical (unpaired) electrons.